The monoisotopic (exact) mass is 275 g/mol. The molecule has 108 valence electrons. The number of benzene rings is 1. The topological polar surface area (TPSA) is 70.2 Å². The lowest BCUT2D eigenvalue weighted by Gasteiger charge is -2.07. The Bertz CT molecular complexity index is 467. The predicted octanol–water partition coefficient (Wildman–Crippen LogP) is 1.52. The Hall–Kier alpha value is -1.88. The van der Waals surface area contributed by atoms with Crippen LogP contribution < -0.4 is 16.0 Å². The molecule has 2 rings (SSSR count). The highest BCUT2D eigenvalue weighted by atomic mass is 16.2. The molecule has 1 aliphatic carbocycles. The van der Waals surface area contributed by atoms with Crippen molar-refractivity contribution >= 4 is 17.5 Å². The zero-order valence-electron chi connectivity index (χ0n) is 11.7. The zero-order valence-corrected chi connectivity index (χ0v) is 11.7. The molecule has 20 heavy (non-hydrogen) atoms. The van der Waals surface area contributed by atoms with Gasteiger partial charge in [0.15, 0.2) is 0 Å². The number of anilines is 1. The molecule has 3 N–H and O–H groups in total. The van der Waals surface area contributed by atoms with Crippen molar-refractivity contribution in [2.24, 2.45) is 0 Å². The molecule has 1 aromatic carbocycles. The molecule has 0 radical (unpaired) electrons. The SMILES string of the molecule is CCNC(=O)c1ccc(NC(=O)CCNC2CC2)cc1. The van der Waals surface area contributed by atoms with Crippen LogP contribution in [0, 0.1) is 0 Å². The van der Waals surface area contributed by atoms with Gasteiger partial charge in [0.25, 0.3) is 5.91 Å². The first-order valence-corrected chi connectivity index (χ1v) is 7.10. The van der Waals surface area contributed by atoms with Crippen LogP contribution in [0.25, 0.3) is 0 Å². The molecule has 0 atom stereocenters. The van der Waals surface area contributed by atoms with Crippen molar-refractivity contribution in [3.05, 3.63) is 29.8 Å². The number of hydrogen-bond acceptors (Lipinski definition) is 3. The van der Waals surface area contributed by atoms with E-state index >= 15 is 0 Å². The fourth-order valence-corrected chi connectivity index (χ4v) is 1.87. The average molecular weight is 275 g/mol. The van der Waals surface area contributed by atoms with Crippen molar-refractivity contribution in [3.63, 3.8) is 0 Å². The number of rotatable bonds is 7. The van der Waals surface area contributed by atoms with Gasteiger partial charge in [0.2, 0.25) is 5.91 Å². The van der Waals surface area contributed by atoms with E-state index < -0.39 is 0 Å². The summed E-state index contributed by atoms with van der Waals surface area (Å²) >= 11 is 0. The molecule has 0 spiro atoms. The third-order valence-electron chi connectivity index (χ3n) is 3.13. The van der Waals surface area contributed by atoms with Crippen molar-refractivity contribution < 1.29 is 9.59 Å². The molecule has 0 unspecified atom stereocenters. The number of hydrogen-bond donors (Lipinski definition) is 3. The van der Waals surface area contributed by atoms with Crippen LogP contribution in [0.15, 0.2) is 24.3 Å². The maximum atomic E-state index is 11.7. The molecule has 1 fully saturated rings. The minimum Gasteiger partial charge on any atom is -0.352 e. The van der Waals surface area contributed by atoms with E-state index in [2.05, 4.69) is 16.0 Å². The quantitative estimate of drug-likeness (QED) is 0.706. The van der Waals surface area contributed by atoms with Gasteiger partial charge in [-0.05, 0) is 44.0 Å². The Labute approximate surface area is 119 Å². The summed E-state index contributed by atoms with van der Waals surface area (Å²) in [5, 5.41) is 8.85. The highest BCUT2D eigenvalue weighted by molar-refractivity contribution is 5.95. The van der Waals surface area contributed by atoms with E-state index in [-0.39, 0.29) is 11.8 Å². The van der Waals surface area contributed by atoms with E-state index in [0.29, 0.717) is 31.1 Å². The van der Waals surface area contributed by atoms with Gasteiger partial charge >= 0.3 is 0 Å². The summed E-state index contributed by atoms with van der Waals surface area (Å²) < 4.78 is 0. The van der Waals surface area contributed by atoms with E-state index in [1.54, 1.807) is 24.3 Å². The summed E-state index contributed by atoms with van der Waals surface area (Å²) in [5.74, 6) is -0.108. The molecule has 5 nitrogen and oxygen atoms in total. The van der Waals surface area contributed by atoms with Gasteiger partial charge in [-0.3, -0.25) is 9.59 Å². The molecular weight excluding hydrogens is 254 g/mol. The van der Waals surface area contributed by atoms with Gasteiger partial charge in [-0.25, -0.2) is 0 Å². The van der Waals surface area contributed by atoms with Crippen molar-refractivity contribution in [3.8, 4) is 0 Å². The molecular formula is C15H21N3O2. The van der Waals surface area contributed by atoms with Gasteiger partial charge in [0, 0.05) is 36.8 Å². The van der Waals surface area contributed by atoms with Crippen LogP contribution in [0.3, 0.4) is 0 Å². The van der Waals surface area contributed by atoms with Crippen molar-refractivity contribution in [1.82, 2.24) is 10.6 Å². The normalized spacial score (nSPS) is 13.8. The molecule has 2 amide bonds. The predicted molar refractivity (Wildman–Crippen MR) is 78.7 cm³/mol. The Morgan fingerprint density at radius 1 is 1.20 bits per heavy atom. The molecule has 1 aliphatic rings. The summed E-state index contributed by atoms with van der Waals surface area (Å²) in [6, 6.07) is 7.54. The maximum Gasteiger partial charge on any atom is 0.251 e. The number of nitrogens with one attached hydrogen (secondary N) is 3. The standard InChI is InChI=1S/C15H21N3O2/c1-2-16-15(20)11-3-5-13(6-4-11)18-14(19)9-10-17-12-7-8-12/h3-6,12,17H,2,7-10H2,1H3,(H,16,20)(H,18,19). The van der Waals surface area contributed by atoms with Gasteiger partial charge < -0.3 is 16.0 Å². The largest absolute Gasteiger partial charge is 0.352 e. The summed E-state index contributed by atoms with van der Waals surface area (Å²) in [5.41, 5.74) is 1.31. The second-order valence-electron chi connectivity index (χ2n) is 4.96. The summed E-state index contributed by atoms with van der Waals surface area (Å²) in [4.78, 5) is 23.3. The molecule has 5 heteroatoms. The van der Waals surface area contributed by atoms with Gasteiger partial charge in [0.1, 0.15) is 0 Å². The zero-order chi connectivity index (χ0) is 14.4. The van der Waals surface area contributed by atoms with E-state index in [1.165, 1.54) is 12.8 Å². The maximum absolute atomic E-state index is 11.7. The highest BCUT2D eigenvalue weighted by Gasteiger charge is 2.20. The summed E-state index contributed by atoms with van der Waals surface area (Å²) in [6.07, 6.45) is 2.92. The lowest BCUT2D eigenvalue weighted by Crippen LogP contribution is -2.23. The molecule has 1 saturated carbocycles. The first-order chi connectivity index (χ1) is 9.69. The molecule has 0 saturated heterocycles. The Kier molecular flexibility index (Phi) is 5.12. The Morgan fingerprint density at radius 2 is 1.90 bits per heavy atom. The smallest absolute Gasteiger partial charge is 0.251 e. The number of amides is 2. The molecule has 0 aromatic heterocycles. The van der Waals surface area contributed by atoms with Crippen LogP contribution in [-0.4, -0.2) is 30.9 Å². The highest BCUT2D eigenvalue weighted by Crippen LogP contribution is 2.18. The van der Waals surface area contributed by atoms with E-state index in [1.807, 2.05) is 6.92 Å². The number of carbonyl (C=O) groups excluding carboxylic acids is 2. The molecule has 0 aliphatic heterocycles. The average Bonchev–Trinajstić information content (AvgIpc) is 3.24. The minimum absolute atomic E-state index is 0.0103. The number of carbonyl (C=O) groups is 2. The van der Waals surface area contributed by atoms with Gasteiger partial charge in [0.05, 0.1) is 0 Å². The molecule has 0 bridgehead atoms. The van der Waals surface area contributed by atoms with E-state index in [9.17, 15) is 9.59 Å². The second kappa shape index (κ2) is 7.05. The van der Waals surface area contributed by atoms with Crippen LogP contribution >= 0.6 is 0 Å². The lowest BCUT2D eigenvalue weighted by atomic mass is 10.2. The van der Waals surface area contributed by atoms with Crippen LogP contribution in [0.4, 0.5) is 5.69 Å². The fourth-order valence-electron chi connectivity index (χ4n) is 1.87. The Balaban J connectivity index is 1.76. The Morgan fingerprint density at radius 3 is 2.50 bits per heavy atom. The van der Waals surface area contributed by atoms with Crippen LogP contribution in [0.1, 0.15) is 36.5 Å². The van der Waals surface area contributed by atoms with Crippen molar-refractivity contribution in [2.45, 2.75) is 32.2 Å². The summed E-state index contributed by atoms with van der Waals surface area (Å²) in [7, 11) is 0. The van der Waals surface area contributed by atoms with Gasteiger partial charge in [-0.15, -0.1) is 0 Å². The second-order valence-corrected chi connectivity index (χ2v) is 4.96. The first kappa shape index (κ1) is 14.5. The van der Waals surface area contributed by atoms with Crippen molar-refractivity contribution in [1.29, 1.82) is 0 Å². The fraction of sp³-hybridized carbons (Fsp3) is 0.467. The van der Waals surface area contributed by atoms with Gasteiger partial charge in [-0.2, -0.15) is 0 Å². The van der Waals surface area contributed by atoms with E-state index in [0.717, 1.165) is 5.69 Å². The van der Waals surface area contributed by atoms with Crippen LogP contribution in [0.5, 0.6) is 0 Å². The van der Waals surface area contributed by atoms with Crippen LogP contribution in [0.2, 0.25) is 0 Å². The third kappa shape index (κ3) is 4.66. The van der Waals surface area contributed by atoms with E-state index in [4.69, 9.17) is 0 Å². The molecule has 0 heterocycles. The third-order valence-corrected chi connectivity index (χ3v) is 3.13. The lowest BCUT2D eigenvalue weighted by molar-refractivity contribution is -0.116. The van der Waals surface area contributed by atoms with Crippen LogP contribution in [-0.2, 0) is 4.79 Å². The molecule has 1 aromatic rings. The first-order valence-electron chi connectivity index (χ1n) is 7.10. The van der Waals surface area contributed by atoms with Gasteiger partial charge in [-0.1, -0.05) is 0 Å². The minimum atomic E-state index is -0.0981. The van der Waals surface area contributed by atoms with Crippen molar-refractivity contribution in [2.75, 3.05) is 18.4 Å². The summed E-state index contributed by atoms with van der Waals surface area (Å²) in [6.45, 7) is 3.20.